The molecule has 1 aromatic carbocycles. The van der Waals surface area contributed by atoms with Gasteiger partial charge in [0.15, 0.2) is 9.76 Å². The number of hydrogen-bond acceptors (Lipinski definition) is 2. The Balaban J connectivity index is 2.81. The van der Waals surface area contributed by atoms with Gasteiger partial charge in [-0.15, -0.1) is 0 Å². The summed E-state index contributed by atoms with van der Waals surface area (Å²) in [6.45, 7) is 0. The van der Waals surface area contributed by atoms with Crippen molar-refractivity contribution < 1.29 is 9.22 Å². The van der Waals surface area contributed by atoms with Crippen molar-refractivity contribution in [2.45, 2.75) is 0 Å². The van der Waals surface area contributed by atoms with Crippen LogP contribution in [0.5, 0.6) is 5.75 Å². The Bertz CT molecular complexity index is 215. The number of rotatable bonds is 2. The Kier molecular flexibility index (Phi) is 2.67. The molecule has 0 atom stereocenters. The molecule has 0 saturated carbocycles. The molecule has 1 aromatic rings. The van der Waals surface area contributed by atoms with E-state index in [0.717, 1.165) is 15.7 Å². The molecule has 0 amide bonds. The van der Waals surface area contributed by atoms with Crippen molar-refractivity contribution in [3.05, 3.63) is 24.3 Å². The van der Waals surface area contributed by atoms with Crippen LogP contribution in [0.4, 0.5) is 0 Å². The summed E-state index contributed by atoms with van der Waals surface area (Å²) in [6, 6.07) is 7.35. The van der Waals surface area contributed by atoms with Gasteiger partial charge in [0.2, 0.25) is 0 Å². The summed E-state index contributed by atoms with van der Waals surface area (Å²) in [6.07, 6.45) is 0. The second-order valence-corrected chi connectivity index (χ2v) is 5.42. The molecule has 1 rings (SSSR count). The van der Waals surface area contributed by atoms with Gasteiger partial charge in [0.05, 0.1) is 0 Å². The van der Waals surface area contributed by atoms with Gasteiger partial charge in [-0.2, -0.15) is 0 Å². The van der Waals surface area contributed by atoms with Crippen LogP contribution in [0.15, 0.2) is 24.3 Å². The standard InChI is InChI=1S/C6H10O2Si2/c7-5-3-1-2-4-6(5)10-8-9/h1-4,7H,10H2,9H3. The third-order valence-electron chi connectivity index (χ3n) is 1.29. The van der Waals surface area contributed by atoms with Crippen LogP contribution in [0, 0.1) is 0 Å². The van der Waals surface area contributed by atoms with Crippen molar-refractivity contribution in [1.29, 1.82) is 0 Å². The number of hydrogen-bond donors (Lipinski definition) is 1. The summed E-state index contributed by atoms with van der Waals surface area (Å²) in [7, 11) is 0.154. The molecule has 0 fully saturated rings. The van der Waals surface area contributed by atoms with E-state index in [4.69, 9.17) is 4.12 Å². The molecule has 0 aliphatic rings. The highest BCUT2D eigenvalue weighted by molar-refractivity contribution is 6.51. The van der Waals surface area contributed by atoms with Crippen molar-refractivity contribution in [2.75, 3.05) is 0 Å². The van der Waals surface area contributed by atoms with Crippen molar-refractivity contribution >= 4 is 25.4 Å². The van der Waals surface area contributed by atoms with Crippen LogP contribution >= 0.6 is 0 Å². The van der Waals surface area contributed by atoms with E-state index in [9.17, 15) is 5.11 Å². The molecule has 0 saturated heterocycles. The molecular formula is C6H10O2Si2. The summed E-state index contributed by atoms with van der Waals surface area (Å²) < 4.78 is 5.13. The lowest BCUT2D eigenvalue weighted by atomic mass is 10.3. The highest BCUT2D eigenvalue weighted by Crippen LogP contribution is 2.00. The SMILES string of the molecule is Oc1ccccc1[SiH2]O[SiH3]. The summed E-state index contributed by atoms with van der Waals surface area (Å²) >= 11 is 0. The first-order valence-electron chi connectivity index (χ1n) is 3.10. The third kappa shape index (κ3) is 1.69. The Hall–Kier alpha value is -0.586. The number of para-hydroxylation sites is 1. The molecule has 0 unspecified atom stereocenters. The lowest BCUT2D eigenvalue weighted by Crippen LogP contribution is -2.16. The van der Waals surface area contributed by atoms with E-state index in [1.807, 2.05) is 18.2 Å². The minimum absolute atomic E-state index is 0.380. The van der Waals surface area contributed by atoms with Gasteiger partial charge < -0.3 is 9.22 Å². The molecule has 2 nitrogen and oxygen atoms in total. The van der Waals surface area contributed by atoms with Gasteiger partial charge in [0, 0.05) is 5.19 Å². The van der Waals surface area contributed by atoms with Gasteiger partial charge in [0.1, 0.15) is 16.2 Å². The molecule has 4 heteroatoms. The Morgan fingerprint density at radius 1 is 1.40 bits per heavy atom. The molecule has 0 aromatic heterocycles. The maximum absolute atomic E-state index is 9.21. The second-order valence-electron chi connectivity index (χ2n) is 2.06. The quantitative estimate of drug-likeness (QED) is 0.542. The van der Waals surface area contributed by atoms with E-state index >= 15 is 0 Å². The lowest BCUT2D eigenvalue weighted by Gasteiger charge is -2.00. The summed E-state index contributed by atoms with van der Waals surface area (Å²) in [5.74, 6) is 0.380. The van der Waals surface area contributed by atoms with Crippen molar-refractivity contribution in [3.8, 4) is 5.75 Å². The van der Waals surface area contributed by atoms with Crippen molar-refractivity contribution in [3.63, 3.8) is 0 Å². The van der Waals surface area contributed by atoms with Crippen LogP contribution in [-0.2, 0) is 4.12 Å². The Morgan fingerprint density at radius 2 is 2.10 bits per heavy atom. The molecule has 1 N–H and O–H groups in total. The van der Waals surface area contributed by atoms with Gasteiger partial charge in [-0.25, -0.2) is 0 Å². The minimum Gasteiger partial charge on any atom is -0.508 e. The van der Waals surface area contributed by atoms with Crippen LogP contribution in [-0.4, -0.2) is 25.4 Å². The Labute approximate surface area is 65.3 Å². The summed E-state index contributed by atoms with van der Waals surface area (Å²) in [4.78, 5) is 0. The molecule has 0 radical (unpaired) electrons. The van der Waals surface area contributed by atoms with Crippen LogP contribution in [0.1, 0.15) is 0 Å². The topological polar surface area (TPSA) is 29.5 Å². The second kappa shape index (κ2) is 3.55. The molecule has 10 heavy (non-hydrogen) atoms. The molecular weight excluding hydrogens is 160 g/mol. The van der Waals surface area contributed by atoms with E-state index in [0.29, 0.717) is 5.75 Å². The number of phenolic OH excluding ortho intramolecular Hbond substituents is 1. The lowest BCUT2D eigenvalue weighted by molar-refractivity contribution is 0.478. The third-order valence-corrected chi connectivity index (χ3v) is 3.36. The fraction of sp³-hybridized carbons (Fsp3) is 0. The van der Waals surface area contributed by atoms with Crippen LogP contribution < -0.4 is 5.19 Å². The zero-order valence-corrected chi connectivity index (χ0v) is 9.29. The van der Waals surface area contributed by atoms with E-state index < -0.39 is 9.76 Å². The van der Waals surface area contributed by atoms with Crippen LogP contribution in [0.3, 0.4) is 0 Å². The highest BCUT2D eigenvalue weighted by atomic mass is 28.3. The molecule has 0 spiro atoms. The normalized spacial score (nSPS) is 11.2. The summed E-state index contributed by atoms with van der Waals surface area (Å²) in [5.41, 5.74) is 0. The highest BCUT2D eigenvalue weighted by Gasteiger charge is 1.96. The van der Waals surface area contributed by atoms with Crippen LogP contribution in [0.2, 0.25) is 0 Å². The van der Waals surface area contributed by atoms with Crippen LogP contribution in [0.25, 0.3) is 0 Å². The molecule has 0 heterocycles. The van der Waals surface area contributed by atoms with Gasteiger partial charge in [-0.1, -0.05) is 18.2 Å². The average molecular weight is 170 g/mol. The largest absolute Gasteiger partial charge is 0.508 e. The summed E-state index contributed by atoms with van der Waals surface area (Å²) in [5, 5.41) is 10.2. The maximum Gasteiger partial charge on any atom is 0.182 e. The van der Waals surface area contributed by atoms with Gasteiger partial charge in [-0.05, 0) is 6.07 Å². The number of phenols is 1. The number of benzene rings is 1. The first-order chi connectivity index (χ1) is 4.84. The smallest absolute Gasteiger partial charge is 0.182 e. The zero-order chi connectivity index (χ0) is 7.40. The molecule has 0 bridgehead atoms. The maximum atomic E-state index is 9.21. The fourth-order valence-electron chi connectivity index (χ4n) is 0.788. The van der Waals surface area contributed by atoms with Gasteiger partial charge in [-0.3, -0.25) is 0 Å². The van der Waals surface area contributed by atoms with E-state index in [2.05, 4.69) is 0 Å². The predicted molar refractivity (Wildman–Crippen MR) is 47.3 cm³/mol. The molecule has 0 aliphatic carbocycles. The predicted octanol–water partition coefficient (Wildman–Crippen LogP) is -1.60. The van der Waals surface area contributed by atoms with Crippen molar-refractivity contribution in [1.82, 2.24) is 0 Å². The average Bonchev–Trinajstić information content (AvgIpc) is 1.94. The first-order valence-corrected chi connectivity index (χ1v) is 5.20. The van der Waals surface area contributed by atoms with E-state index in [1.54, 1.807) is 6.07 Å². The number of aromatic hydroxyl groups is 1. The minimum atomic E-state index is -0.618. The Morgan fingerprint density at radius 3 is 2.70 bits per heavy atom. The van der Waals surface area contributed by atoms with Gasteiger partial charge in [0.25, 0.3) is 0 Å². The van der Waals surface area contributed by atoms with E-state index in [1.165, 1.54) is 0 Å². The van der Waals surface area contributed by atoms with Crippen molar-refractivity contribution in [2.24, 2.45) is 0 Å². The van der Waals surface area contributed by atoms with Gasteiger partial charge >= 0.3 is 0 Å². The fourth-order valence-corrected chi connectivity index (χ4v) is 2.53. The monoisotopic (exact) mass is 170 g/mol. The first kappa shape index (κ1) is 7.52. The van der Waals surface area contributed by atoms with E-state index in [-0.39, 0.29) is 0 Å². The molecule has 54 valence electrons. The zero-order valence-electron chi connectivity index (χ0n) is 5.87. The molecule has 0 aliphatic heterocycles.